The summed E-state index contributed by atoms with van der Waals surface area (Å²) in [4.78, 5) is 27.4. The van der Waals surface area contributed by atoms with Crippen LogP contribution in [-0.2, 0) is 26.2 Å². The Morgan fingerprint density at radius 1 is 1.09 bits per heavy atom. The number of methoxy groups -OCH3 is 1. The molecule has 0 aliphatic rings. The van der Waals surface area contributed by atoms with E-state index in [-0.39, 0.29) is 12.5 Å². The van der Waals surface area contributed by atoms with E-state index in [4.69, 9.17) is 4.74 Å². The number of benzene rings is 2. The van der Waals surface area contributed by atoms with Crippen molar-refractivity contribution in [3.63, 3.8) is 0 Å². The van der Waals surface area contributed by atoms with E-state index in [0.717, 1.165) is 22.5 Å². The minimum absolute atomic E-state index is 0.128. The van der Waals surface area contributed by atoms with E-state index in [1.165, 1.54) is 4.90 Å². The number of sulfonamides is 1. The molecular weight excluding hydrogens is 430 g/mol. The highest BCUT2D eigenvalue weighted by atomic mass is 32.2. The van der Waals surface area contributed by atoms with Crippen LogP contribution in [0.5, 0.6) is 5.75 Å². The maximum atomic E-state index is 13.4. The monoisotopic (exact) mass is 461 g/mol. The molecule has 0 aliphatic carbocycles. The molecule has 9 heteroatoms. The second kappa shape index (κ2) is 11.5. The zero-order valence-electron chi connectivity index (χ0n) is 18.9. The van der Waals surface area contributed by atoms with Gasteiger partial charge in [0.1, 0.15) is 18.3 Å². The SMILES string of the molecule is CCCNC(=O)[C@H](C)N(Cc1cccc(OC)c1)C(=O)CN(c1ccccc1)S(C)(=O)=O. The number of anilines is 1. The summed E-state index contributed by atoms with van der Waals surface area (Å²) in [6.45, 7) is 3.77. The molecule has 0 saturated carbocycles. The van der Waals surface area contributed by atoms with Gasteiger partial charge in [0, 0.05) is 13.1 Å². The van der Waals surface area contributed by atoms with Crippen LogP contribution in [0, 0.1) is 0 Å². The van der Waals surface area contributed by atoms with Gasteiger partial charge in [-0.3, -0.25) is 13.9 Å². The van der Waals surface area contributed by atoms with Crippen molar-refractivity contribution in [2.45, 2.75) is 32.9 Å². The third-order valence-electron chi connectivity index (χ3n) is 4.93. The quantitative estimate of drug-likeness (QED) is 0.554. The van der Waals surface area contributed by atoms with Gasteiger partial charge in [-0.05, 0) is 43.2 Å². The molecule has 174 valence electrons. The minimum atomic E-state index is -3.72. The molecule has 0 heterocycles. The van der Waals surface area contributed by atoms with E-state index in [1.807, 2.05) is 13.0 Å². The van der Waals surface area contributed by atoms with Crippen molar-refractivity contribution >= 4 is 27.5 Å². The minimum Gasteiger partial charge on any atom is -0.497 e. The fraction of sp³-hybridized carbons (Fsp3) is 0.391. The molecule has 2 aromatic carbocycles. The van der Waals surface area contributed by atoms with Gasteiger partial charge >= 0.3 is 0 Å². The molecular formula is C23H31N3O5S. The summed E-state index contributed by atoms with van der Waals surface area (Å²) in [7, 11) is -2.18. The molecule has 0 bridgehead atoms. The molecule has 1 N–H and O–H groups in total. The van der Waals surface area contributed by atoms with Crippen LogP contribution in [0.2, 0.25) is 0 Å². The molecule has 0 aromatic heterocycles. The Balaban J connectivity index is 2.35. The molecule has 0 fully saturated rings. The van der Waals surface area contributed by atoms with Crippen LogP contribution < -0.4 is 14.4 Å². The highest BCUT2D eigenvalue weighted by Gasteiger charge is 2.29. The van der Waals surface area contributed by atoms with Gasteiger partial charge in [-0.1, -0.05) is 37.3 Å². The lowest BCUT2D eigenvalue weighted by molar-refractivity contribution is -0.139. The molecule has 0 unspecified atom stereocenters. The van der Waals surface area contributed by atoms with E-state index in [0.29, 0.717) is 18.0 Å². The van der Waals surface area contributed by atoms with Crippen LogP contribution in [0.4, 0.5) is 5.69 Å². The predicted molar refractivity (Wildman–Crippen MR) is 125 cm³/mol. The van der Waals surface area contributed by atoms with Crippen LogP contribution in [0.3, 0.4) is 0 Å². The lowest BCUT2D eigenvalue weighted by Gasteiger charge is -2.31. The summed E-state index contributed by atoms with van der Waals surface area (Å²) in [5.41, 5.74) is 1.14. The van der Waals surface area contributed by atoms with Crippen molar-refractivity contribution < 1.29 is 22.7 Å². The number of para-hydroxylation sites is 1. The summed E-state index contributed by atoms with van der Waals surface area (Å²) < 4.78 is 31.2. The van der Waals surface area contributed by atoms with Crippen molar-refractivity contribution in [1.82, 2.24) is 10.2 Å². The first-order chi connectivity index (χ1) is 15.2. The zero-order chi connectivity index (χ0) is 23.7. The maximum absolute atomic E-state index is 13.4. The van der Waals surface area contributed by atoms with Crippen LogP contribution in [0.1, 0.15) is 25.8 Å². The molecule has 8 nitrogen and oxygen atoms in total. The number of nitrogens with zero attached hydrogens (tertiary/aromatic N) is 2. The van der Waals surface area contributed by atoms with Gasteiger partial charge in [0.15, 0.2) is 0 Å². The molecule has 0 saturated heterocycles. The van der Waals surface area contributed by atoms with Gasteiger partial charge in [0.25, 0.3) is 0 Å². The number of nitrogens with one attached hydrogen (secondary N) is 1. The standard InChI is InChI=1S/C23H31N3O5S/c1-5-14-24-23(28)18(2)25(16-19-10-9-13-21(15-19)31-3)22(27)17-26(32(4,29)30)20-11-7-6-8-12-20/h6-13,15,18H,5,14,16-17H2,1-4H3,(H,24,28)/t18-/m0/s1. The molecule has 0 spiro atoms. The number of amides is 2. The zero-order valence-corrected chi connectivity index (χ0v) is 19.8. The van der Waals surface area contributed by atoms with Gasteiger partial charge in [-0.15, -0.1) is 0 Å². The average Bonchev–Trinajstić information content (AvgIpc) is 2.78. The number of hydrogen-bond donors (Lipinski definition) is 1. The predicted octanol–water partition coefficient (Wildman–Crippen LogP) is 2.40. The average molecular weight is 462 g/mol. The number of ether oxygens (including phenoxy) is 1. The Kier molecular flexibility index (Phi) is 9.07. The van der Waals surface area contributed by atoms with Crippen LogP contribution in [-0.4, -0.2) is 57.6 Å². The highest BCUT2D eigenvalue weighted by molar-refractivity contribution is 7.92. The number of carbonyl (C=O) groups excluding carboxylic acids is 2. The lowest BCUT2D eigenvalue weighted by Crippen LogP contribution is -2.51. The van der Waals surface area contributed by atoms with Gasteiger partial charge < -0.3 is 15.0 Å². The first kappa shape index (κ1) is 25.2. The third-order valence-corrected chi connectivity index (χ3v) is 6.07. The molecule has 0 aliphatic heterocycles. The van der Waals surface area contributed by atoms with Crippen molar-refractivity contribution in [2.75, 3.05) is 30.8 Å². The summed E-state index contributed by atoms with van der Waals surface area (Å²) in [6, 6.07) is 14.8. The third kappa shape index (κ3) is 6.98. The summed E-state index contributed by atoms with van der Waals surface area (Å²) in [5, 5.41) is 2.80. The van der Waals surface area contributed by atoms with Crippen LogP contribution >= 0.6 is 0 Å². The number of carbonyl (C=O) groups is 2. The van der Waals surface area contributed by atoms with E-state index in [2.05, 4.69) is 5.32 Å². The Morgan fingerprint density at radius 2 is 1.78 bits per heavy atom. The number of hydrogen-bond acceptors (Lipinski definition) is 5. The fourth-order valence-electron chi connectivity index (χ4n) is 3.15. The van der Waals surface area contributed by atoms with Gasteiger partial charge in [0.05, 0.1) is 19.1 Å². The molecule has 2 amide bonds. The van der Waals surface area contributed by atoms with E-state index in [1.54, 1.807) is 62.6 Å². The first-order valence-corrected chi connectivity index (χ1v) is 12.2. The molecule has 32 heavy (non-hydrogen) atoms. The molecule has 2 aromatic rings. The first-order valence-electron chi connectivity index (χ1n) is 10.4. The Morgan fingerprint density at radius 3 is 2.38 bits per heavy atom. The van der Waals surface area contributed by atoms with Gasteiger partial charge in [0.2, 0.25) is 21.8 Å². The van der Waals surface area contributed by atoms with Crippen molar-refractivity contribution in [1.29, 1.82) is 0 Å². The topological polar surface area (TPSA) is 96.0 Å². The van der Waals surface area contributed by atoms with Crippen LogP contribution in [0.15, 0.2) is 54.6 Å². The van der Waals surface area contributed by atoms with E-state index in [9.17, 15) is 18.0 Å². The van der Waals surface area contributed by atoms with Crippen molar-refractivity contribution in [3.05, 3.63) is 60.2 Å². The number of rotatable bonds is 11. The summed E-state index contributed by atoms with van der Waals surface area (Å²) in [6.07, 6.45) is 1.81. The smallest absolute Gasteiger partial charge is 0.244 e. The van der Waals surface area contributed by atoms with Gasteiger partial charge in [-0.25, -0.2) is 8.42 Å². The second-order valence-electron chi connectivity index (χ2n) is 7.45. The van der Waals surface area contributed by atoms with Crippen molar-refractivity contribution in [2.24, 2.45) is 0 Å². The van der Waals surface area contributed by atoms with Gasteiger partial charge in [-0.2, -0.15) is 0 Å². The molecule has 1 atom stereocenters. The fourth-order valence-corrected chi connectivity index (χ4v) is 4.00. The molecule has 0 radical (unpaired) electrons. The molecule has 2 rings (SSSR count). The second-order valence-corrected chi connectivity index (χ2v) is 9.35. The normalized spacial score (nSPS) is 12.0. The lowest BCUT2D eigenvalue weighted by atomic mass is 10.1. The summed E-state index contributed by atoms with van der Waals surface area (Å²) >= 11 is 0. The van der Waals surface area contributed by atoms with Crippen LogP contribution in [0.25, 0.3) is 0 Å². The highest BCUT2D eigenvalue weighted by Crippen LogP contribution is 2.20. The van der Waals surface area contributed by atoms with E-state index < -0.39 is 28.5 Å². The summed E-state index contributed by atoms with van der Waals surface area (Å²) in [5.74, 6) is -0.157. The Hall–Kier alpha value is -3.07. The van der Waals surface area contributed by atoms with Crippen molar-refractivity contribution in [3.8, 4) is 5.75 Å². The van der Waals surface area contributed by atoms with E-state index >= 15 is 0 Å². The maximum Gasteiger partial charge on any atom is 0.244 e. The Bertz CT molecular complexity index is 1010. The largest absolute Gasteiger partial charge is 0.497 e. The Labute approximate surface area is 190 Å².